The molecular formula is C38H75N3O2S. The molecule has 1 fully saturated rings. The van der Waals surface area contributed by atoms with Gasteiger partial charge in [0.05, 0.1) is 0 Å². The van der Waals surface area contributed by atoms with E-state index in [-0.39, 0.29) is 18.4 Å². The zero-order valence-electron chi connectivity index (χ0n) is 31.6. The molecule has 0 aliphatic heterocycles. The van der Waals surface area contributed by atoms with Crippen LogP contribution >= 0.6 is 11.8 Å². The average Bonchev–Trinajstić information content (AvgIpc) is 3.03. The Balaban J connectivity index is -0.000000584. The zero-order valence-corrected chi connectivity index (χ0v) is 32.5. The molecule has 1 aliphatic rings. The average molecular weight is 638 g/mol. The molecule has 2 rings (SSSR count). The minimum atomic E-state index is 0.207. The first kappa shape index (κ1) is 49.1. The smallest absolute Gasteiger partial charge is 0.220 e. The SMILES string of the molecule is CC.CC.CC.CCC.CCCC=C(CCC(=O)NC(CN(C)C)C1CCCCC1)Sc1cc(C(C)C)ccc1C.NC=O. The molecule has 0 heterocycles. The van der Waals surface area contributed by atoms with Gasteiger partial charge in [0.15, 0.2) is 0 Å². The van der Waals surface area contributed by atoms with Crippen molar-refractivity contribution in [3.8, 4) is 0 Å². The lowest BCUT2D eigenvalue weighted by molar-refractivity contribution is -0.122. The molecule has 3 N–H and O–H groups in total. The van der Waals surface area contributed by atoms with Crippen molar-refractivity contribution in [1.29, 1.82) is 0 Å². The van der Waals surface area contributed by atoms with Gasteiger partial charge in [-0.2, -0.15) is 0 Å². The van der Waals surface area contributed by atoms with Gasteiger partial charge in [0, 0.05) is 23.9 Å². The number of hydrogen-bond donors (Lipinski definition) is 2. The summed E-state index contributed by atoms with van der Waals surface area (Å²) in [6.45, 7) is 26.1. The number of nitrogens with two attached hydrogens (primary N) is 1. The third-order valence-corrected chi connectivity index (χ3v) is 7.80. The summed E-state index contributed by atoms with van der Waals surface area (Å²) in [5.41, 5.74) is 6.86. The molecule has 1 atom stereocenters. The molecule has 0 bridgehead atoms. The first-order valence-electron chi connectivity index (χ1n) is 17.7. The van der Waals surface area contributed by atoms with Gasteiger partial charge in [-0.3, -0.25) is 9.59 Å². The van der Waals surface area contributed by atoms with E-state index in [1.807, 2.05) is 53.3 Å². The van der Waals surface area contributed by atoms with Crippen molar-refractivity contribution in [3.05, 3.63) is 40.3 Å². The number of aryl methyl sites for hydroxylation is 1. The normalized spacial score (nSPS) is 13.1. The zero-order chi connectivity index (χ0) is 34.9. The van der Waals surface area contributed by atoms with Crippen LogP contribution in [0.4, 0.5) is 0 Å². The third-order valence-electron chi connectivity index (χ3n) is 6.51. The number of allylic oxidation sites excluding steroid dienone is 2. The number of primary amides is 1. The standard InChI is InChI=1S/C28H46N2OS.C3H8.3C2H6.CH3NO/c1-7-8-14-25(32-27-19-24(21(2)3)16-15-22(27)4)17-18-28(31)29-26(20-30(5)6)23-12-10-9-11-13-23;1-3-2;3*1-2;2-1-3/h14-16,19,21,23,26H,7-13,17-18,20H2,1-6H3,(H,29,31);3H2,1-2H3;3*1-2H3;1H,(H2,2,3). The lowest BCUT2D eigenvalue weighted by Crippen LogP contribution is -2.47. The van der Waals surface area contributed by atoms with E-state index in [4.69, 9.17) is 4.79 Å². The highest BCUT2D eigenvalue weighted by atomic mass is 32.2. The largest absolute Gasteiger partial charge is 0.372 e. The highest BCUT2D eigenvalue weighted by Gasteiger charge is 2.25. The van der Waals surface area contributed by atoms with Crippen molar-refractivity contribution in [2.75, 3.05) is 20.6 Å². The highest BCUT2D eigenvalue weighted by molar-refractivity contribution is 8.03. The molecule has 6 heteroatoms. The van der Waals surface area contributed by atoms with Gasteiger partial charge in [-0.1, -0.05) is 138 Å². The fourth-order valence-corrected chi connectivity index (χ4v) is 5.60. The molecule has 1 aliphatic carbocycles. The van der Waals surface area contributed by atoms with Crippen molar-refractivity contribution in [3.63, 3.8) is 0 Å². The fraction of sp³-hybridized carbons (Fsp3) is 0.737. The van der Waals surface area contributed by atoms with Gasteiger partial charge < -0.3 is 16.0 Å². The summed E-state index contributed by atoms with van der Waals surface area (Å²) in [6.07, 6.45) is 13.9. The highest BCUT2D eigenvalue weighted by Crippen LogP contribution is 2.35. The quantitative estimate of drug-likeness (QED) is 0.177. The third kappa shape index (κ3) is 26.6. The minimum absolute atomic E-state index is 0.207. The topological polar surface area (TPSA) is 75.4 Å². The van der Waals surface area contributed by atoms with Crippen LogP contribution in [0.1, 0.15) is 157 Å². The number of rotatable bonds is 12. The Morgan fingerprint density at radius 3 is 1.98 bits per heavy atom. The van der Waals surface area contributed by atoms with E-state index in [1.54, 1.807) is 0 Å². The van der Waals surface area contributed by atoms with Crippen molar-refractivity contribution >= 4 is 24.1 Å². The monoisotopic (exact) mass is 638 g/mol. The van der Waals surface area contributed by atoms with Gasteiger partial charge in [0.1, 0.15) is 0 Å². The number of amides is 2. The molecule has 1 aromatic carbocycles. The number of benzene rings is 1. The summed E-state index contributed by atoms with van der Waals surface area (Å²) in [4.78, 5) is 26.4. The van der Waals surface area contributed by atoms with E-state index in [2.05, 4.69) is 95.9 Å². The Kier molecular flexibility index (Phi) is 39.8. The number of likely N-dealkylation sites (N-methyl/N-ethyl adjacent to an activating group) is 1. The van der Waals surface area contributed by atoms with E-state index in [9.17, 15) is 4.79 Å². The Bertz CT molecular complexity index is 803. The number of hydrogen-bond acceptors (Lipinski definition) is 4. The summed E-state index contributed by atoms with van der Waals surface area (Å²) in [7, 11) is 4.22. The van der Waals surface area contributed by atoms with Crippen LogP contribution in [0.3, 0.4) is 0 Å². The molecule has 0 spiro atoms. The maximum absolute atomic E-state index is 13.0. The molecule has 1 unspecified atom stereocenters. The molecule has 44 heavy (non-hydrogen) atoms. The van der Waals surface area contributed by atoms with Gasteiger partial charge in [0.25, 0.3) is 0 Å². The maximum Gasteiger partial charge on any atom is 0.220 e. The second-order valence-electron chi connectivity index (χ2n) is 10.9. The summed E-state index contributed by atoms with van der Waals surface area (Å²) >= 11 is 1.86. The van der Waals surface area contributed by atoms with Crippen molar-refractivity contribution in [2.24, 2.45) is 11.7 Å². The van der Waals surface area contributed by atoms with Crippen LogP contribution in [-0.4, -0.2) is 43.9 Å². The second kappa shape index (κ2) is 35.7. The van der Waals surface area contributed by atoms with Crippen LogP contribution in [-0.2, 0) is 9.59 Å². The summed E-state index contributed by atoms with van der Waals surface area (Å²) < 4.78 is 0. The van der Waals surface area contributed by atoms with Crippen LogP contribution in [0.5, 0.6) is 0 Å². The van der Waals surface area contributed by atoms with E-state index in [0.29, 0.717) is 18.3 Å². The number of unbranched alkanes of at least 4 members (excludes halogenated alkanes) is 1. The Hall–Kier alpha value is -1.79. The molecule has 0 saturated heterocycles. The van der Waals surface area contributed by atoms with Gasteiger partial charge in [-0.05, 0) is 80.6 Å². The van der Waals surface area contributed by atoms with Crippen LogP contribution in [0, 0.1) is 12.8 Å². The number of carbonyl (C=O) groups excluding carboxylic acids is 2. The number of nitrogens with one attached hydrogen (secondary N) is 1. The van der Waals surface area contributed by atoms with Crippen LogP contribution < -0.4 is 11.1 Å². The second-order valence-corrected chi connectivity index (χ2v) is 12.1. The lowest BCUT2D eigenvalue weighted by atomic mass is 9.83. The molecule has 1 aromatic rings. The van der Waals surface area contributed by atoms with Crippen molar-refractivity contribution in [2.45, 2.75) is 164 Å². The van der Waals surface area contributed by atoms with Crippen LogP contribution in [0.15, 0.2) is 34.1 Å². The summed E-state index contributed by atoms with van der Waals surface area (Å²) in [5, 5.41) is 3.41. The predicted molar refractivity (Wildman–Crippen MR) is 201 cm³/mol. The number of nitrogens with zero attached hydrogens (tertiary/aromatic N) is 1. The number of carbonyl (C=O) groups is 2. The summed E-state index contributed by atoms with van der Waals surface area (Å²) in [5.74, 6) is 1.36. The molecule has 260 valence electrons. The van der Waals surface area contributed by atoms with Crippen LogP contribution in [0.25, 0.3) is 0 Å². The predicted octanol–water partition coefficient (Wildman–Crippen LogP) is 10.9. The number of thioether (sulfide) groups is 1. The summed E-state index contributed by atoms with van der Waals surface area (Å²) in [6, 6.07) is 7.08. The van der Waals surface area contributed by atoms with Gasteiger partial charge >= 0.3 is 0 Å². The fourth-order valence-electron chi connectivity index (χ4n) is 4.49. The Labute approximate surface area is 280 Å². The molecule has 0 aromatic heterocycles. The Morgan fingerprint density at radius 2 is 1.52 bits per heavy atom. The van der Waals surface area contributed by atoms with E-state index in [1.165, 1.54) is 59.5 Å². The van der Waals surface area contributed by atoms with Gasteiger partial charge in [0.2, 0.25) is 12.3 Å². The maximum atomic E-state index is 13.0. The van der Waals surface area contributed by atoms with Crippen molar-refractivity contribution in [1.82, 2.24) is 10.2 Å². The van der Waals surface area contributed by atoms with E-state index >= 15 is 0 Å². The Morgan fingerprint density at radius 1 is 1.00 bits per heavy atom. The molecule has 5 nitrogen and oxygen atoms in total. The molecule has 0 radical (unpaired) electrons. The van der Waals surface area contributed by atoms with Gasteiger partial charge in [-0.15, -0.1) is 0 Å². The minimum Gasteiger partial charge on any atom is -0.372 e. The van der Waals surface area contributed by atoms with E-state index < -0.39 is 0 Å². The molecule has 1 saturated carbocycles. The van der Waals surface area contributed by atoms with E-state index in [0.717, 1.165) is 25.8 Å². The van der Waals surface area contributed by atoms with Crippen LogP contribution in [0.2, 0.25) is 0 Å². The molecular weight excluding hydrogens is 563 g/mol. The lowest BCUT2D eigenvalue weighted by Gasteiger charge is -2.32. The van der Waals surface area contributed by atoms with Gasteiger partial charge in [-0.25, -0.2) is 0 Å². The molecule has 2 amide bonds. The first-order valence-corrected chi connectivity index (χ1v) is 18.5. The first-order chi connectivity index (χ1) is 21.1. The van der Waals surface area contributed by atoms with Crippen molar-refractivity contribution < 1.29 is 9.59 Å².